The van der Waals surface area contributed by atoms with Crippen LogP contribution >= 0.6 is 0 Å². The summed E-state index contributed by atoms with van der Waals surface area (Å²) in [6.07, 6.45) is 7.46. The van der Waals surface area contributed by atoms with Gasteiger partial charge in [0, 0.05) is 30.6 Å². The van der Waals surface area contributed by atoms with Gasteiger partial charge in [0.05, 0.1) is 37.1 Å². The number of aromatic nitrogens is 2. The van der Waals surface area contributed by atoms with Gasteiger partial charge in [-0.3, -0.25) is 14.5 Å². The van der Waals surface area contributed by atoms with Gasteiger partial charge >= 0.3 is 0 Å². The lowest BCUT2D eigenvalue weighted by Crippen LogP contribution is -2.39. The third kappa shape index (κ3) is 1.81. The van der Waals surface area contributed by atoms with Crippen molar-refractivity contribution in [2.75, 3.05) is 13.2 Å². The molecule has 1 fully saturated rings. The molecule has 0 radical (unpaired) electrons. The predicted octanol–water partition coefficient (Wildman–Crippen LogP) is -0.332. The zero-order valence-corrected chi connectivity index (χ0v) is 11.6. The van der Waals surface area contributed by atoms with Crippen molar-refractivity contribution in [1.82, 2.24) is 14.7 Å². The molecule has 4 rings (SSSR count). The Morgan fingerprint density at radius 1 is 1.48 bits per heavy atom. The molecular weight excluding hydrogens is 270 g/mol. The Labute approximate surface area is 121 Å². The lowest BCUT2D eigenvalue weighted by molar-refractivity contribution is -0.114. The summed E-state index contributed by atoms with van der Waals surface area (Å²) in [5, 5.41) is 4.17. The SMILES string of the molecule is Cn1cc(C2=CN3C(=N[C@@H]4COC[C@@H]43)C(C(N)=O)=C2)cn1. The van der Waals surface area contributed by atoms with Gasteiger partial charge in [0.1, 0.15) is 5.84 Å². The van der Waals surface area contributed by atoms with Gasteiger partial charge in [-0.2, -0.15) is 5.10 Å². The highest BCUT2D eigenvalue weighted by atomic mass is 16.5. The van der Waals surface area contributed by atoms with Crippen LogP contribution in [0, 0.1) is 0 Å². The Kier molecular flexibility index (Phi) is 2.52. The summed E-state index contributed by atoms with van der Waals surface area (Å²) in [4.78, 5) is 18.4. The fourth-order valence-electron chi connectivity index (χ4n) is 2.98. The molecule has 0 aliphatic carbocycles. The van der Waals surface area contributed by atoms with Crippen molar-refractivity contribution in [2.45, 2.75) is 12.1 Å². The Morgan fingerprint density at radius 2 is 2.33 bits per heavy atom. The van der Waals surface area contributed by atoms with Crippen LogP contribution in [0.25, 0.3) is 5.57 Å². The van der Waals surface area contributed by atoms with Crippen LogP contribution in [0.4, 0.5) is 0 Å². The molecule has 2 N–H and O–H groups in total. The number of carbonyl (C=O) groups is 1. The first-order valence-corrected chi connectivity index (χ1v) is 6.80. The highest BCUT2D eigenvalue weighted by Crippen LogP contribution is 2.33. The average molecular weight is 285 g/mol. The zero-order chi connectivity index (χ0) is 14.6. The van der Waals surface area contributed by atoms with Gasteiger partial charge in [0.15, 0.2) is 0 Å². The normalized spacial score (nSPS) is 26.9. The van der Waals surface area contributed by atoms with E-state index < -0.39 is 5.91 Å². The molecule has 0 saturated carbocycles. The molecule has 0 bridgehead atoms. The van der Waals surface area contributed by atoms with Crippen LogP contribution in [0.2, 0.25) is 0 Å². The Hall–Kier alpha value is -2.41. The molecule has 3 aliphatic heterocycles. The number of amides is 1. The summed E-state index contributed by atoms with van der Waals surface area (Å²) in [5.41, 5.74) is 7.82. The number of allylic oxidation sites excluding steroid dienone is 2. The fourth-order valence-corrected chi connectivity index (χ4v) is 2.98. The summed E-state index contributed by atoms with van der Waals surface area (Å²) in [6, 6.07) is 0.224. The molecule has 21 heavy (non-hydrogen) atoms. The second-order valence-corrected chi connectivity index (χ2v) is 5.44. The number of primary amides is 1. The van der Waals surface area contributed by atoms with Crippen LogP contribution in [0.15, 0.2) is 35.2 Å². The second kappa shape index (κ2) is 4.29. The number of ether oxygens (including phenoxy) is 1. The van der Waals surface area contributed by atoms with Crippen LogP contribution in [0.1, 0.15) is 5.56 Å². The first-order chi connectivity index (χ1) is 10.1. The molecule has 2 atom stereocenters. The monoisotopic (exact) mass is 285 g/mol. The second-order valence-electron chi connectivity index (χ2n) is 5.44. The van der Waals surface area contributed by atoms with E-state index in [9.17, 15) is 4.79 Å². The fraction of sp³-hybridized carbons (Fsp3) is 0.357. The smallest absolute Gasteiger partial charge is 0.252 e. The number of hydrogen-bond donors (Lipinski definition) is 1. The maximum Gasteiger partial charge on any atom is 0.252 e. The van der Waals surface area contributed by atoms with Gasteiger partial charge in [-0.25, -0.2) is 0 Å². The predicted molar refractivity (Wildman–Crippen MR) is 76.1 cm³/mol. The van der Waals surface area contributed by atoms with Crippen molar-refractivity contribution >= 4 is 17.3 Å². The number of aryl methyl sites for hydroxylation is 1. The molecule has 1 aromatic heterocycles. The molecule has 0 aromatic carbocycles. The van der Waals surface area contributed by atoms with E-state index in [-0.39, 0.29) is 12.1 Å². The van der Waals surface area contributed by atoms with Crippen molar-refractivity contribution in [3.05, 3.63) is 35.8 Å². The van der Waals surface area contributed by atoms with Gasteiger partial charge < -0.3 is 15.4 Å². The number of hydrogen-bond acceptors (Lipinski definition) is 5. The molecule has 108 valence electrons. The topological polar surface area (TPSA) is 85.7 Å². The molecular formula is C14H15N5O2. The van der Waals surface area contributed by atoms with E-state index in [1.165, 1.54) is 0 Å². The minimum Gasteiger partial charge on any atom is -0.377 e. The van der Waals surface area contributed by atoms with E-state index in [0.29, 0.717) is 24.6 Å². The number of fused-ring (bicyclic) bond motifs is 3. The molecule has 1 saturated heterocycles. The largest absolute Gasteiger partial charge is 0.377 e. The van der Waals surface area contributed by atoms with Crippen LogP contribution in [-0.2, 0) is 16.6 Å². The van der Waals surface area contributed by atoms with Gasteiger partial charge in [-0.15, -0.1) is 0 Å². The van der Waals surface area contributed by atoms with Crippen LogP contribution < -0.4 is 5.73 Å². The van der Waals surface area contributed by atoms with Crippen molar-refractivity contribution in [1.29, 1.82) is 0 Å². The number of nitrogens with zero attached hydrogens (tertiary/aromatic N) is 4. The van der Waals surface area contributed by atoms with E-state index in [4.69, 9.17) is 10.5 Å². The lowest BCUT2D eigenvalue weighted by atomic mass is 10.0. The van der Waals surface area contributed by atoms with Crippen LogP contribution in [-0.4, -0.2) is 51.7 Å². The van der Waals surface area contributed by atoms with Crippen molar-refractivity contribution in [3.8, 4) is 0 Å². The van der Waals surface area contributed by atoms with E-state index >= 15 is 0 Å². The molecule has 1 aromatic rings. The van der Waals surface area contributed by atoms with Crippen LogP contribution in [0.5, 0.6) is 0 Å². The molecule has 1 amide bonds. The maximum atomic E-state index is 11.8. The van der Waals surface area contributed by atoms with E-state index in [2.05, 4.69) is 10.1 Å². The Balaban J connectivity index is 1.81. The summed E-state index contributed by atoms with van der Waals surface area (Å²) < 4.78 is 7.20. The van der Waals surface area contributed by atoms with Crippen molar-refractivity contribution < 1.29 is 9.53 Å². The van der Waals surface area contributed by atoms with Crippen LogP contribution in [0.3, 0.4) is 0 Å². The number of aliphatic imine (C=N–C) groups is 1. The first-order valence-electron chi connectivity index (χ1n) is 6.80. The molecule has 0 spiro atoms. The van der Waals surface area contributed by atoms with E-state index in [1.807, 2.05) is 24.3 Å². The maximum absolute atomic E-state index is 11.8. The van der Waals surface area contributed by atoms with E-state index in [1.54, 1.807) is 17.0 Å². The molecule has 0 unspecified atom stereocenters. The highest BCUT2D eigenvalue weighted by molar-refractivity contribution is 6.23. The number of carbonyl (C=O) groups excluding carboxylic acids is 1. The number of amidine groups is 1. The third-order valence-corrected chi connectivity index (χ3v) is 4.03. The van der Waals surface area contributed by atoms with Gasteiger partial charge in [0.2, 0.25) is 0 Å². The van der Waals surface area contributed by atoms with Crippen molar-refractivity contribution in [3.63, 3.8) is 0 Å². The van der Waals surface area contributed by atoms with Gasteiger partial charge in [-0.05, 0) is 6.08 Å². The minimum absolute atomic E-state index is 0.0762. The highest BCUT2D eigenvalue weighted by Gasteiger charge is 2.42. The van der Waals surface area contributed by atoms with Crippen molar-refractivity contribution in [2.24, 2.45) is 17.8 Å². The number of rotatable bonds is 2. The summed E-state index contributed by atoms with van der Waals surface area (Å²) >= 11 is 0. The van der Waals surface area contributed by atoms with Gasteiger partial charge in [0.25, 0.3) is 5.91 Å². The Morgan fingerprint density at radius 3 is 3.05 bits per heavy atom. The van der Waals surface area contributed by atoms with E-state index in [0.717, 1.165) is 11.1 Å². The molecule has 7 nitrogen and oxygen atoms in total. The zero-order valence-electron chi connectivity index (χ0n) is 11.6. The average Bonchev–Trinajstić information content (AvgIpc) is 3.12. The summed E-state index contributed by atoms with van der Waals surface area (Å²) in [5.74, 6) is 0.197. The minimum atomic E-state index is -0.464. The lowest BCUT2D eigenvalue weighted by Gasteiger charge is -2.27. The summed E-state index contributed by atoms with van der Waals surface area (Å²) in [6.45, 7) is 1.20. The third-order valence-electron chi connectivity index (χ3n) is 4.03. The Bertz CT molecular complexity index is 715. The molecule has 3 aliphatic rings. The molecule has 4 heterocycles. The number of nitrogens with two attached hydrogens (primary N) is 1. The first kappa shape index (κ1) is 12.3. The van der Waals surface area contributed by atoms with Gasteiger partial charge in [-0.1, -0.05) is 0 Å². The standard InChI is InChI=1S/C14H15N5O2/c1-18-4-9(3-16-18)8-2-10(13(15)20)14-17-11-6-21-7-12(11)19(14)5-8/h2-5,11-12H,6-7H2,1H3,(H2,15,20)/t11-,12+/m1/s1. The molecule has 7 heteroatoms. The quantitative estimate of drug-likeness (QED) is 0.806. The summed E-state index contributed by atoms with van der Waals surface area (Å²) in [7, 11) is 1.86.